The second-order valence-electron chi connectivity index (χ2n) is 5.34. The van der Waals surface area contributed by atoms with E-state index in [1.807, 2.05) is 25.1 Å². The van der Waals surface area contributed by atoms with Gasteiger partial charge in [0.15, 0.2) is 0 Å². The van der Waals surface area contributed by atoms with E-state index in [0.29, 0.717) is 13.2 Å². The number of aliphatic hydroxyl groups excluding tert-OH is 1. The van der Waals surface area contributed by atoms with Gasteiger partial charge in [0.1, 0.15) is 18.2 Å². The Morgan fingerprint density at radius 3 is 2.61 bits per heavy atom. The Morgan fingerprint density at radius 2 is 1.96 bits per heavy atom. The highest BCUT2D eigenvalue weighted by molar-refractivity contribution is 9.10. The first-order valence-corrected chi connectivity index (χ1v) is 8.41. The summed E-state index contributed by atoms with van der Waals surface area (Å²) < 4.78 is 19.8. The maximum absolute atomic E-state index is 12.9. The van der Waals surface area contributed by atoms with E-state index in [1.54, 1.807) is 12.1 Å². The van der Waals surface area contributed by atoms with Crippen molar-refractivity contribution in [2.75, 3.05) is 6.61 Å². The Bertz CT molecular complexity index is 615. The van der Waals surface area contributed by atoms with E-state index < -0.39 is 0 Å². The number of rotatable bonds is 8. The van der Waals surface area contributed by atoms with Gasteiger partial charge in [0, 0.05) is 22.6 Å². The number of aliphatic hydroxyl groups is 1. The molecule has 2 rings (SSSR count). The first-order valence-electron chi connectivity index (χ1n) is 7.62. The average Bonchev–Trinajstić information content (AvgIpc) is 2.56. The van der Waals surface area contributed by atoms with Crippen molar-refractivity contribution >= 4 is 15.9 Å². The Balaban J connectivity index is 2.04. The van der Waals surface area contributed by atoms with Crippen LogP contribution in [0.3, 0.4) is 0 Å². The summed E-state index contributed by atoms with van der Waals surface area (Å²) in [5.74, 6) is 0.523. The van der Waals surface area contributed by atoms with Gasteiger partial charge in [-0.25, -0.2) is 4.39 Å². The Morgan fingerprint density at radius 1 is 1.22 bits per heavy atom. The summed E-state index contributed by atoms with van der Waals surface area (Å²) in [4.78, 5) is 0. The third-order valence-electron chi connectivity index (χ3n) is 3.62. The molecule has 1 atom stereocenters. The number of nitrogens with one attached hydrogen (secondary N) is 1. The highest BCUT2D eigenvalue weighted by atomic mass is 79.9. The van der Waals surface area contributed by atoms with Gasteiger partial charge >= 0.3 is 0 Å². The molecular weight excluding hydrogens is 361 g/mol. The van der Waals surface area contributed by atoms with E-state index in [2.05, 4.69) is 21.2 Å². The lowest BCUT2D eigenvalue weighted by Crippen LogP contribution is -2.31. The molecule has 3 nitrogen and oxygen atoms in total. The molecule has 0 aliphatic rings. The van der Waals surface area contributed by atoms with Crippen LogP contribution in [0, 0.1) is 5.82 Å². The molecule has 0 aliphatic heterocycles. The Kier molecular flexibility index (Phi) is 7.02. The number of hydrogen-bond donors (Lipinski definition) is 2. The van der Waals surface area contributed by atoms with Gasteiger partial charge in [-0.3, -0.25) is 0 Å². The average molecular weight is 382 g/mol. The van der Waals surface area contributed by atoms with Crippen LogP contribution in [0.4, 0.5) is 4.39 Å². The molecule has 124 valence electrons. The van der Waals surface area contributed by atoms with Crippen LogP contribution in [0.25, 0.3) is 0 Å². The SMILES string of the molecule is CC[C@H](CO)NCc1cc(Br)ccc1OCc1ccc(F)cc1. The molecule has 2 aromatic rings. The van der Waals surface area contributed by atoms with Gasteiger partial charge in [-0.1, -0.05) is 35.0 Å². The standard InChI is InChI=1S/C18H21BrFNO2/c1-2-17(11-22)21-10-14-9-15(19)5-8-18(14)23-12-13-3-6-16(20)7-4-13/h3-9,17,21-22H,2,10-12H2,1H3/t17-/m1/s1. The maximum Gasteiger partial charge on any atom is 0.124 e. The summed E-state index contributed by atoms with van der Waals surface area (Å²) in [6.45, 7) is 3.13. The van der Waals surface area contributed by atoms with Crippen LogP contribution < -0.4 is 10.1 Å². The van der Waals surface area contributed by atoms with Crippen LogP contribution in [0.2, 0.25) is 0 Å². The third kappa shape index (κ3) is 5.61. The van der Waals surface area contributed by atoms with Crippen LogP contribution in [-0.4, -0.2) is 17.8 Å². The van der Waals surface area contributed by atoms with Crippen molar-refractivity contribution in [3.8, 4) is 5.75 Å². The monoisotopic (exact) mass is 381 g/mol. The molecule has 0 saturated carbocycles. The highest BCUT2D eigenvalue weighted by Crippen LogP contribution is 2.24. The summed E-state index contributed by atoms with van der Waals surface area (Å²) >= 11 is 3.47. The molecule has 0 aliphatic carbocycles. The molecule has 2 aromatic carbocycles. The molecule has 0 heterocycles. The Labute approximate surface area is 144 Å². The molecule has 5 heteroatoms. The van der Waals surface area contributed by atoms with Crippen LogP contribution in [0.15, 0.2) is 46.9 Å². The zero-order chi connectivity index (χ0) is 16.7. The van der Waals surface area contributed by atoms with Crippen LogP contribution in [-0.2, 0) is 13.2 Å². The van der Waals surface area contributed by atoms with E-state index in [4.69, 9.17) is 4.74 Å². The molecule has 0 amide bonds. The first kappa shape index (κ1) is 17.9. The van der Waals surface area contributed by atoms with Gasteiger partial charge < -0.3 is 15.2 Å². The van der Waals surface area contributed by atoms with Gasteiger partial charge in [-0.05, 0) is 42.3 Å². The van der Waals surface area contributed by atoms with E-state index in [1.165, 1.54) is 12.1 Å². The fourth-order valence-electron chi connectivity index (χ4n) is 2.16. The van der Waals surface area contributed by atoms with E-state index in [9.17, 15) is 9.50 Å². The van der Waals surface area contributed by atoms with Gasteiger partial charge in [0.2, 0.25) is 0 Å². The van der Waals surface area contributed by atoms with E-state index >= 15 is 0 Å². The Hall–Kier alpha value is -1.43. The topological polar surface area (TPSA) is 41.5 Å². The lowest BCUT2D eigenvalue weighted by atomic mass is 10.1. The number of benzene rings is 2. The molecular formula is C18H21BrFNO2. The predicted octanol–water partition coefficient (Wildman–Crippen LogP) is 4.03. The molecule has 0 spiro atoms. The lowest BCUT2D eigenvalue weighted by Gasteiger charge is -2.17. The van der Waals surface area contributed by atoms with E-state index in [0.717, 1.165) is 27.8 Å². The normalized spacial score (nSPS) is 12.2. The minimum atomic E-state index is -0.253. The summed E-state index contributed by atoms with van der Waals surface area (Å²) in [7, 11) is 0. The summed E-state index contributed by atoms with van der Waals surface area (Å²) in [6.07, 6.45) is 0.857. The van der Waals surface area contributed by atoms with Crippen molar-refractivity contribution < 1.29 is 14.2 Å². The van der Waals surface area contributed by atoms with Crippen LogP contribution in [0.5, 0.6) is 5.75 Å². The molecule has 0 bridgehead atoms. The minimum absolute atomic E-state index is 0.0685. The molecule has 2 N–H and O–H groups in total. The fourth-order valence-corrected chi connectivity index (χ4v) is 2.57. The summed E-state index contributed by atoms with van der Waals surface area (Å²) in [5, 5.41) is 12.6. The third-order valence-corrected chi connectivity index (χ3v) is 4.12. The van der Waals surface area contributed by atoms with Crippen molar-refractivity contribution in [1.29, 1.82) is 0 Å². The molecule has 23 heavy (non-hydrogen) atoms. The van der Waals surface area contributed by atoms with Gasteiger partial charge in [0.05, 0.1) is 6.61 Å². The molecule has 0 saturated heterocycles. The zero-order valence-electron chi connectivity index (χ0n) is 13.1. The second-order valence-corrected chi connectivity index (χ2v) is 6.25. The largest absolute Gasteiger partial charge is 0.489 e. The van der Waals surface area contributed by atoms with Gasteiger partial charge in [-0.2, -0.15) is 0 Å². The van der Waals surface area contributed by atoms with Crippen molar-refractivity contribution in [2.45, 2.75) is 32.5 Å². The van der Waals surface area contributed by atoms with Crippen molar-refractivity contribution in [3.63, 3.8) is 0 Å². The van der Waals surface area contributed by atoms with Crippen LogP contribution >= 0.6 is 15.9 Å². The smallest absolute Gasteiger partial charge is 0.124 e. The van der Waals surface area contributed by atoms with Crippen molar-refractivity contribution in [1.82, 2.24) is 5.32 Å². The lowest BCUT2D eigenvalue weighted by molar-refractivity contribution is 0.237. The molecule has 0 aromatic heterocycles. The summed E-state index contributed by atoms with van der Waals surface area (Å²) in [5.41, 5.74) is 1.92. The molecule has 0 unspecified atom stereocenters. The molecule has 0 radical (unpaired) electrons. The predicted molar refractivity (Wildman–Crippen MR) is 92.9 cm³/mol. The summed E-state index contributed by atoms with van der Waals surface area (Å²) in [6, 6.07) is 12.2. The van der Waals surface area contributed by atoms with Gasteiger partial charge in [0.25, 0.3) is 0 Å². The fraction of sp³-hybridized carbons (Fsp3) is 0.333. The van der Waals surface area contributed by atoms with E-state index in [-0.39, 0.29) is 18.5 Å². The minimum Gasteiger partial charge on any atom is -0.489 e. The van der Waals surface area contributed by atoms with Crippen molar-refractivity contribution in [3.05, 3.63) is 63.9 Å². The second kappa shape index (κ2) is 9.01. The maximum atomic E-state index is 12.9. The number of ether oxygens (including phenoxy) is 1. The molecule has 0 fully saturated rings. The zero-order valence-corrected chi connectivity index (χ0v) is 14.6. The van der Waals surface area contributed by atoms with Crippen molar-refractivity contribution in [2.24, 2.45) is 0 Å². The van der Waals surface area contributed by atoms with Crippen LogP contribution in [0.1, 0.15) is 24.5 Å². The number of halogens is 2. The quantitative estimate of drug-likeness (QED) is 0.725. The first-order chi connectivity index (χ1) is 11.1. The van der Waals surface area contributed by atoms with Gasteiger partial charge in [-0.15, -0.1) is 0 Å². The number of hydrogen-bond acceptors (Lipinski definition) is 3. The highest BCUT2D eigenvalue weighted by Gasteiger charge is 2.09.